The maximum absolute atomic E-state index is 7.80. The molecule has 2 heteroatoms. The lowest BCUT2D eigenvalue weighted by atomic mass is 9.52. The molecule has 0 aliphatic heterocycles. The number of hydrogen-bond acceptors (Lipinski definition) is 0. The Hall–Kier alpha value is -2.80. The predicted octanol–water partition coefficient (Wildman–Crippen LogP) is 8.25. The first-order valence-electron chi connectivity index (χ1n) is 11.0. The van der Waals surface area contributed by atoms with Crippen LogP contribution in [-0.4, -0.2) is 0 Å². The van der Waals surface area contributed by atoms with Gasteiger partial charge in [0.1, 0.15) is 4.87 Å². The van der Waals surface area contributed by atoms with Gasteiger partial charge in [0.05, 0.1) is 0 Å². The van der Waals surface area contributed by atoms with E-state index in [4.69, 9.17) is 23.2 Å². The molecule has 3 aromatic carbocycles. The smallest absolute Gasteiger partial charge is 0.102 e. The maximum atomic E-state index is 7.80. The number of alkyl halides is 1. The summed E-state index contributed by atoms with van der Waals surface area (Å²) < 4.78 is 0. The van der Waals surface area contributed by atoms with Crippen molar-refractivity contribution in [2.24, 2.45) is 5.92 Å². The van der Waals surface area contributed by atoms with Gasteiger partial charge in [0.2, 0.25) is 0 Å². The summed E-state index contributed by atoms with van der Waals surface area (Å²) in [4.78, 5) is -0.683. The highest BCUT2D eigenvalue weighted by Gasteiger charge is 2.58. The van der Waals surface area contributed by atoms with E-state index in [2.05, 4.69) is 109 Å². The van der Waals surface area contributed by atoms with Gasteiger partial charge in [-0.3, -0.25) is 0 Å². The van der Waals surface area contributed by atoms with Crippen LogP contribution < -0.4 is 0 Å². The van der Waals surface area contributed by atoms with Crippen LogP contribution in [0.1, 0.15) is 28.5 Å². The average molecular weight is 453 g/mol. The summed E-state index contributed by atoms with van der Waals surface area (Å²) in [5.74, 6) is 0.336. The second-order valence-corrected chi connectivity index (χ2v) is 9.65. The molecule has 0 radical (unpaired) electrons. The fourth-order valence-electron chi connectivity index (χ4n) is 5.73. The number of hydrogen-bond donors (Lipinski definition) is 0. The zero-order valence-electron chi connectivity index (χ0n) is 17.5. The molecule has 156 valence electrons. The summed E-state index contributed by atoms with van der Waals surface area (Å²) in [6.07, 6.45) is 8.50. The van der Waals surface area contributed by atoms with Crippen LogP contribution in [0.2, 0.25) is 0 Å². The van der Waals surface area contributed by atoms with Crippen LogP contribution in [0.3, 0.4) is 0 Å². The van der Waals surface area contributed by atoms with Gasteiger partial charge in [-0.2, -0.15) is 0 Å². The fraction of sp³-hybridized carbons (Fsp3) is 0.133. The molecule has 0 bridgehead atoms. The van der Waals surface area contributed by atoms with E-state index in [0.717, 1.165) is 16.2 Å². The van der Waals surface area contributed by atoms with Gasteiger partial charge in [-0.25, -0.2) is 0 Å². The number of benzene rings is 3. The Morgan fingerprint density at radius 3 is 1.84 bits per heavy atom. The van der Waals surface area contributed by atoms with Gasteiger partial charge in [-0.15, -0.1) is 11.6 Å². The highest BCUT2D eigenvalue weighted by Crippen LogP contribution is 2.69. The molecule has 0 aromatic heterocycles. The van der Waals surface area contributed by atoms with E-state index in [1.165, 1.54) is 22.3 Å². The fourth-order valence-corrected chi connectivity index (χ4v) is 6.66. The molecule has 0 amide bonds. The molecule has 0 saturated heterocycles. The van der Waals surface area contributed by atoms with E-state index in [1.54, 1.807) is 0 Å². The first-order chi connectivity index (χ1) is 15.7. The Balaban J connectivity index is 1.66. The van der Waals surface area contributed by atoms with Gasteiger partial charge in [0.15, 0.2) is 0 Å². The molecule has 2 unspecified atom stereocenters. The van der Waals surface area contributed by atoms with Crippen LogP contribution in [0.25, 0.3) is 0 Å². The largest absolute Gasteiger partial charge is 0.108 e. The quantitative estimate of drug-likeness (QED) is 0.350. The van der Waals surface area contributed by atoms with Gasteiger partial charge < -0.3 is 0 Å². The van der Waals surface area contributed by atoms with Crippen LogP contribution in [0.5, 0.6) is 0 Å². The molecule has 32 heavy (non-hydrogen) atoms. The normalized spacial score (nSPS) is 28.2. The minimum absolute atomic E-state index is 0.00856. The topological polar surface area (TPSA) is 0 Å². The lowest BCUT2D eigenvalue weighted by Crippen LogP contribution is -2.46. The molecule has 0 N–H and O–H groups in total. The van der Waals surface area contributed by atoms with E-state index < -0.39 is 4.87 Å². The molecule has 3 aliphatic carbocycles. The van der Waals surface area contributed by atoms with Gasteiger partial charge in [0.25, 0.3) is 0 Å². The number of fused-ring (bicyclic) bond motifs is 1. The van der Waals surface area contributed by atoms with E-state index in [9.17, 15) is 0 Å². The third-order valence-corrected chi connectivity index (χ3v) is 8.17. The first kappa shape index (κ1) is 19.9. The summed E-state index contributed by atoms with van der Waals surface area (Å²) in [5, 5.41) is 0.860. The standard InChI is InChI=1S/C30H22Cl2/c31-29-23-18-10-11-19-24(23)30(32,22-16-8-3-9-17-22)28-26(21-14-6-2-7-15-21)25(27(28)29)20-12-4-1-5-13-20/h1-19,24-26H/t24?,25-,26-,30?/m0/s1. The molecule has 0 heterocycles. The van der Waals surface area contributed by atoms with Crippen molar-refractivity contribution >= 4 is 23.2 Å². The number of halogens is 2. The maximum Gasteiger partial charge on any atom is 0.102 e. The van der Waals surface area contributed by atoms with Crippen LogP contribution in [0.4, 0.5) is 0 Å². The Morgan fingerprint density at radius 1 is 0.656 bits per heavy atom. The van der Waals surface area contributed by atoms with Crippen molar-refractivity contribution in [3.63, 3.8) is 0 Å². The second kappa shape index (κ2) is 7.66. The molecule has 0 spiro atoms. The summed E-state index contributed by atoms with van der Waals surface area (Å²) in [5.41, 5.74) is 7.22. The molecule has 0 fully saturated rings. The summed E-state index contributed by atoms with van der Waals surface area (Å²) >= 11 is 15.0. The summed E-state index contributed by atoms with van der Waals surface area (Å²) in [7, 11) is 0. The zero-order chi connectivity index (χ0) is 21.7. The molecule has 4 atom stereocenters. The lowest BCUT2D eigenvalue weighted by molar-refractivity contribution is 0.442. The van der Waals surface area contributed by atoms with Crippen molar-refractivity contribution in [1.29, 1.82) is 0 Å². The van der Waals surface area contributed by atoms with E-state index >= 15 is 0 Å². The minimum Gasteiger partial charge on any atom is -0.108 e. The Morgan fingerprint density at radius 2 is 1.22 bits per heavy atom. The van der Waals surface area contributed by atoms with Gasteiger partial charge in [0, 0.05) is 22.8 Å². The molecule has 0 nitrogen and oxygen atoms in total. The summed E-state index contributed by atoms with van der Waals surface area (Å²) in [6.45, 7) is 0. The Labute approximate surface area is 199 Å². The predicted molar refractivity (Wildman–Crippen MR) is 134 cm³/mol. The third-order valence-electron chi connectivity index (χ3n) is 7.09. The Kier molecular flexibility index (Phi) is 4.75. The molecule has 3 aromatic rings. The number of rotatable bonds is 3. The third kappa shape index (κ3) is 2.76. The van der Waals surface area contributed by atoms with Crippen LogP contribution in [-0.2, 0) is 4.87 Å². The first-order valence-corrected chi connectivity index (χ1v) is 11.8. The monoisotopic (exact) mass is 452 g/mol. The van der Waals surface area contributed by atoms with Crippen LogP contribution in [0, 0.1) is 5.92 Å². The minimum atomic E-state index is -0.683. The van der Waals surface area contributed by atoms with Crippen molar-refractivity contribution in [2.45, 2.75) is 16.7 Å². The highest BCUT2D eigenvalue weighted by atomic mass is 35.5. The SMILES string of the molecule is ClC1=C2C=CC=CC2C(Cl)(c2ccccc2)C2=C1[C@@H](c1ccccc1)[C@@H]2c1ccccc1. The van der Waals surface area contributed by atoms with Crippen molar-refractivity contribution in [3.05, 3.63) is 154 Å². The molecule has 6 rings (SSSR count). The van der Waals surface area contributed by atoms with Crippen molar-refractivity contribution in [1.82, 2.24) is 0 Å². The summed E-state index contributed by atoms with van der Waals surface area (Å²) in [6, 6.07) is 31.9. The van der Waals surface area contributed by atoms with Gasteiger partial charge >= 0.3 is 0 Å². The number of allylic oxidation sites excluding steroid dienone is 8. The zero-order valence-corrected chi connectivity index (χ0v) is 19.0. The van der Waals surface area contributed by atoms with E-state index in [-0.39, 0.29) is 17.8 Å². The van der Waals surface area contributed by atoms with E-state index in [1.807, 2.05) is 6.07 Å². The molecule has 3 aliphatic rings. The Bertz CT molecular complexity index is 1280. The van der Waals surface area contributed by atoms with Crippen molar-refractivity contribution < 1.29 is 0 Å². The van der Waals surface area contributed by atoms with Crippen molar-refractivity contribution in [2.75, 3.05) is 0 Å². The van der Waals surface area contributed by atoms with Crippen molar-refractivity contribution in [3.8, 4) is 0 Å². The van der Waals surface area contributed by atoms with E-state index in [0.29, 0.717) is 0 Å². The molecule has 0 saturated carbocycles. The highest BCUT2D eigenvalue weighted by molar-refractivity contribution is 6.35. The van der Waals surface area contributed by atoms with Crippen LogP contribution in [0.15, 0.2) is 137 Å². The van der Waals surface area contributed by atoms with Crippen LogP contribution >= 0.6 is 23.2 Å². The molecular weight excluding hydrogens is 431 g/mol. The van der Waals surface area contributed by atoms with Gasteiger partial charge in [-0.1, -0.05) is 127 Å². The van der Waals surface area contributed by atoms with Gasteiger partial charge in [-0.05, 0) is 33.4 Å². The molecular formula is C30H22Cl2. The average Bonchev–Trinajstić information content (AvgIpc) is 2.84. The second-order valence-electron chi connectivity index (χ2n) is 8.67. The lowest BCUT2D eigenvalue weighted by Gasteiger charge is -2.55.